The predicted octanol–water partition coefficient (Wildman–Crippen LogP) is 5.29. The minimum Gasteiger partial charge on any atom is -0.326 e. The van der Waals surface area contributed by atoms with Crippen LogP contribution in [-0.2, 0) is 21.9 Å². The van der Waals surface area contributed by atoms with Crippen LogP contribution in [0.2, 0.25) is 0 Å². The van der Waals surface area contributed by atoms with E-state index in [9.17, 15) is 18.4 Å². The molecule has 1 amide bonds. The molecule has 2 aromatic carbocycles. The van der Waals surface area contributed by atoms with Gasteiger partial charge >= 0.3 is 0 Å². The second-order valence-electron chi connectivity index (χ2n) is 9.66. The Bertz CT molecular complexity index is 977. The zero-order valence-corrected chi connectivity index (χ0v) is 19.3. The van der Waals surface area contributed by atoms with Gasteiger partial charge < -0.3 is 10.2 Å². The van der Waals surface area contributed by atoms with Gasteiger partial charge in [-0.3, -0.25) is 9.59 Å². The molecule has 1 heterocycles. The molecule has 4 atom stereocenters. The molecule has 33 heavy (non-hydrogen) atoms. The number of benzene rings is 2. The SMILES string of the molecule is CC(CCc1ccccc1)N1C[C@@H]2C(C(=O)CCC(=O)Nc3cccc(C(C)(F)F)c3)[C@@H]2C1. The highest BCUT2D eigenvalue weighted by Gasteiger charge is 2.58. The maximum absolute atomic E-state index is 13.5. The standard InChI is InChI=1S/C27H32F2N2O2/c1-18(11-12-19-7-4-3-5-8-19)31-16-22-23(17-31)26(22)24(32)13-14-25(33)30-21-10-6-9-20(15-21)27(2,28)29/h3-10,15,18,22-23,26H,11-14,16-17H2,1-2H3,(H,30,33)/t18?,22-,23+,26?. The van der Waals surface area contributed by atoms with E-state index in [-0.39, 0.29) is 36.0 Å². The lowest BCUT2D eigenvalue weighted by atomic mass is 10.0. The lowest BCUT2D eigenvalue weighted by Gasteiger charge is -2.26. The highest BCUT2D eigenvalue weighted by molar-refractivity contribution is 5.94. The van der Waals surface area contributed by atoms with Crippen LogP contribution in [-0.4, -0.2) is 35.7 Å². The second-order valence-corrected chi connectivity index (χ2v) is 9.66. The summed E-state index contributed by atoms with van der Waals surface area (Å²) in [5, 5.41) is 2.64. The van der Waals surface area contributed by atoms with Crippen molar-refractivity contribution in [3.63, 3.8) is 0 Å². The van der Waals surface area contributed by atoms with Crippen LogP contribution in [0.5, 0.6) is 0 Å². The molecule has 0 aromatic heterocycles. The Labute approximate surface area is 194 Å². The van der Waals surface area contributed by atoms with E-state index in [1.165, 1.54) is 23.8 Å². The molecular formula is C27H32F2N2O2. The third kappa shape index (κ3) is 5.85. The first-order chi connectivity index (χ1) is 15.7. The van der Waals surface area contributed by atoms with Crippen molar-refractivity contribution in [1.82, 2.24) is 4.90 Å². The van der Waals surface area contributed by atoms with Gasteiger partial charge in [0.1, 0.15) is 5.78 Å². The molecule has 1 aliphatic heterocycles. The first-order valence-electron chi connectivity index (χ1n) is 11.8. The quantitative estimate of drug-likeness (QED) is 0.531. The monoisotopic (exact) mass is 454 g/mol. The molecule has 2 aliphatic rings. The van der Waals surface area contributed by atoms with Gasteiger partial charge in [0, 0.05) is 56.1 Å². The number of aryl methyl sites for hydroxylation is 1. The average molecular weight is 455 g/mol. The molecule has 4 nitrogen and oxygen atoms in total. The van der Waals surface area contributed by atoms with Crippen LogP contribution in [0.4, 0.5) is 14.5 Å². The fourth-order valence-electron chi connectivity index (χ4n) is 5.10. The molecule has 2 unspecified atom stereocenters. The second kappa shape index (κ2) is 9.72. The maximum atomic E-state index is 13.5. The Morgan fingerprint density at radius 3 is 2.42 bits per heavy atom. The van der Waals surface area contributed by atoms with Crippen molar-refractivity contribution in [2.75, 3.05) is 18.4 Å². The number of amides is 1. The molecule has 1 N–H and O–H groups in total. The summed E-state index contributed by atoms with van der Waals surface area (Å²) in [5.41, 5.74) is 1.54. The van der Waals surface area contributed by atoms with Crippen LogP contribution in [0.25, 0.3) is 0 Å². The zero-order chi connectivity index (χ0) is 23.6. The summed E-state index contributed by atoms with van der Waals surface area (Å²) >= 11 is 0. The third-order valence-electron chi connectivity index (χ3n) is 7.16. The van der Waals surface area contributed by atoms with E-state index in [4.69, 9.17) is 0 Å². The van der Waals surface area contributed by atoms with Crippen molar-refractivity contribution < 1.29 is 18.4 Å². The number of hydrogen-bond acceptors (Lipinski definition) is 3. The number of halogens is 2. The van der Waals surface area contributed by atoms with Gasteiger partial charge in [0.15, 0.2) is 0 Å². The van der Waals surface area contributed by atoms with Crippen LogP contribution >= 0.6 is 0 Å². The molecule has 2 aromatic rings. The molecule has 0 radical (unpaired) electrons. The Morgan fingerprint density at radius 1 is 1.06 bits per heavy atom. The highest BCUT2D eigenvalue weighted by Crippen LogP contribution is 2.53. The van der Waals surface area contributed by atoms with Crippen molar-refractivity contribution >= 4 is 17.4 Å². The number of piperidine rings is 1. The van der Waals surface area contributed by atoms with E-state index in [1.54, 1.807) is 6.07 Å². The molecule has 2 fully saturated rings. The lowest BCUT2D eigenvalue weighted by molar-refractivity contribution is -0.124. The Kier molecular flexibility index (Phi) is 6.94. The summed E-state index contributed by atoms with van der Waals surface area (Å²) < 4.78 is 26.9. The summed E-state index contributed by atoms with van der Waals surface area (Å²) in [6.07, 6.45) is 2.45. The number of nitrogens with zero attached hydrogens (tertiary/aromatic N) is 1. The molecule has 1 aliphatic carbocycles. The van der Waals surface area contributed by atoms with Crippen LogP contribution < -0.4 is 5.32 Å². The van der Waals surface area contributed by atoms with Gasteiger partial charge in [-0.05, 0) is 49.3 Å². The van der Waals surface area contributed by atoms with Crippen molar-refractivity contribution in [2.45, 2.75) is 51.5 Å². The zero-order valence-electron chi connectivity index (χ0n) is 19.3. The molecule has 0 spiro atoms. The maximum Gasteiger partial charge on any atom is 0.270 e. The molecule has 4 rings (SSSR count). The van der Waals surface area contributed by atoms with Crippen molar-refractivity contribution in [1.29, 1.82) is 0 Å². The summed E-state index contributed by atoms with van der Waals surface area (Å²) in [5.74, 6) is -2.20. The Morgan fingerprint density at radius 2 is 1.76 bits per heavy atom. The molecule has 0 bridgehead atoms. The Balaban J connectivity index is 1.17. The number of ketones is 1. The summed E-state index contributed by atoms with van der Waals surface area (Å²) in [4.78, 5) is 27.4. The van der Waals surface area contributed by atoms with Crippen molar-refractivity contribution in [3.8, 4) is 0 Å². The number of nitrogens with one attached hydrogen (secondary N) is 1. The summed E-state index contributed by atoms with van der Waals surface area (Å²) in [7, 11) is 0. The number of carbonyl (C=O) groups is 2. The van der Waals surface area contributed by atoms with Crippen LogP contribution in [0.3, 0.4) is 0 Å². The van der Waals surface area contributed by atoms with Gasteiger partial charge in [0.25, 0.3) is 5.92 Å². The number of fused-ring (bicyclic) bond motifs is 1. The Hall–Kier alpha value is -2.60. The number of carbonyl (C=O) groups excluding carboxylic acids is 2. The third-order valence-corrected chi connectivity index (χ3v) is 7.16. The molecule has 176 valence electrons. The minimum atomic E-state index is -2.96. The number of likely N-dealkylation sites (tertiary alicyclic amines) is 1. The van der Waals surface area contributed by atoms with Gasteiger partial charge in [-0.1, -0.05) is 42.5 Å². The minimum absolute atomic E-state index is 0.0810. The van der Waals surface area contributed by atoms with Gasteiger partial charge in [-0.2, -0.15) is 0 Å². The normalized spacial score (nSPS) is 23.1. The molecular weight excluding hydrogens is 422 g/mol. The topological polar surface area (TPSA) is 49.4 Å². The fourth-order valence-corrected chi connectivity index (χ4v) is 5.10. The van der Waals surface area contributed by atoms with E-state index in [0.29, 0.717) is 23.6 Å². The van der Waals surface area contributed by atoms with Crippen LogP contribution in [0.15, 0.2) is 54.6 Å². The fraction of sp³-hybridized carbons (Fsp3) is 0.481. The number of anilines is 1. The largest absolute Gasteiger partial charge is 0.326 e. The van der Waals surface area contributed by atoms with E-state index in [0.717, 1.165) is 32.9 Å². The molecule has 1 saturated heterocycles. The number of Topliss-reactive ketones (excluding diaryl/α,β-unsaturated/α-hetero) is 1. The smallest absolute Gasteiger partial charge is 0.270 e. The number of alkyl halides is 2. The van der Waals surface area contributed by atoms with E-state index < -0.39 is 5.92 Å². The summed E-state index contributed by atoms with van der Waals surface area (Å²) in [6, 6.07) is 16.7. The molecule has 6 heteroatoms. The van der Waals surface area contributed by atoms with Gasteiger partial charge in [0.2, 0.25) is 5.91 Å². The number of hydrogen-bond donors (Lipinski definition) is 1. The number of rotatable bonds is 10. The predicted molar refractivity (Wildman–Crippen MR) is 125 cm³/mol. The first-order valence-corrected chi connectivity index (χ1v) is 11.8. The van der Waals surface area contributed by atoms with Crippen molar-refractivity contribution in [2.24, 2.45) is 17.8 Å². The lowest BCUT2D eigenvalue weighted by Crippen LogP contribution is -2.34. The van der Waals surface area contributed by atoms with Crippen LogP contribution in [0, 0.1) is 17.8 Å². The van der Waals surface area contributed by atoms with Gasteiger partial charge in [-0.15, -0.1) is 0 Å². The van der Waals surface area contributed by atoms with E-state index >= 15 is 0 Å². The first kappa shape index (κ1) is 23.6. The van der Waals surface area contributed by atoms with E-state index in [1.807, 2.05) is 6.07 Å². The highest BCUT2D eigenvalue weighted by atomic mass is 19.3. The molecule has 1 saturated carbocycles. The van der Waals surface area contributed by atoms with E-state index in [2.05, 4.69) is 41.4 Å². The van der Waals surface area contributed by atoms with Gasteiger partial charge in [-0.25, -0.2) is 8.78 Å². The van der Waals surface area contributed by atoms with Crippen LogP contribution in [0.1, 0.15) is 44.2 Å². The summed E-state index contributed by atoms with van der Waals surface area (Å²) in [6.45, 7) is 5.00. The van der Waals surface area contributed by atoms with Gasteiger partial charge in [0.05, 0.1) is 0 Å². The average Bonchev–Trinajstić information content (AvgIpc) is 3.29. The van der Waals surface area contributed by atoms with Crippen molar-refractivity contribution in [3.05, 3.63) is 65.7 Å².